The van der Waals surface area contributed by atoms with Gasteiger partial charge in [0.25, 0.3) is 10.0 Å². The van der Waals surface area contributed by atoms with Gasteiger partial charge in [-0.15, -0.1) is 0 Å². The van der Waals surface area contributed by atoms with E-state index in [4.69, 9.17) is 0 Å². The van der Waals surface area contributed by atoms with Crippen molar-refractivity contribution >= 4 is 26.6 Å². The molecule has 0 atom stereocenters. The normalized spacial score (nSPS) is 11.5. The van der Waals surface area contributed by atoms with Crippen molar-refractivity contribution < 1.29 is 8.42 Å². The molecule has 0 fully saturated rings. The second kappa shape index (κ2) is 5.18. The lowest BCUT2D eigenvalue weighted by Crippen LogP contribution is -2.14. The number of aryl methyl sites for hydroxylation is 1. The maximum absolute atomic E-state index is 12.4. The highest BCUT2D eigenvalue weighted by Crippen LogP contribution is 2.23. The second-order valence-electron chi connectivity index (χ2n) is 4.80. The van der Waals surface area contributed by atoms with E-state index in [0.717, 1.165) is 16.3 Å². The SMILES string of the molecule is Cc1ccc(S(=O)(=O)Nc2nccc3ccccc23)cc1. The van der Waals surface area contributed by atoms with Gasteiger partial charge in [0.05, 0.1) is 4.90 Å². The van der Waals surface area contributed by atoms with Crippen molar-refractivity contribution in [2.75, 3.05) is 4.72 Å². The summed E-state index contributed by atoms with van der Waals surface area (Å²) >= 11 is 0. The quantitative estimate of drug-likeness (QED) is 0.806. The van der Waals surface area contributed by atoms with Crippen LogP contribution in [0, 0.1) is 6.92 Å². The van der Waals surface area contributed by atoms with Crippen molar-refractivity contribution in [2.45, 2.75) is 11.8 Å². The number of hydrogen-bond acceptors (Lipinski definition) is 3. The van der Waals surface area contributed by atoms with Crippen LogP contribution in [-0.2, 0) is 10.0 Å². The van der Waals surface area contributed by atoms with Crippen LogP contribution < -0.4 is 4.72 Å². The number of hydrogen-bond donors (Lipinski definition) is 1. The van der Waals surface area contributed by atoms with Gasteiger partial charge in [0.15, 0.2) is 0 Å². The smallest absolute Gasteiger partial charge is 0.263 e. The summed E-state index contributed by atoms with van der Waals surface area (Å²) in [6.07, 6.45) is 1.59. The van der Waals surface area contributed by atoms with Crippen molar-refractivity contribution in [3.63, 3.8) is 0 Å². The third-order valence-electron chi connectivity index (χ3n) is 3.24. The van der Waals surface area contributed by atoms with Crippen molar-refractivity contribution in [2.24, 2.45) is 0 Å². The fourth-order valence-corrected chi connectivity index (χ4v) is 3.13. The molecule has 4 nitrogen and oxygen atoms in total. The molecule has 2 aromatic carbocycles. The summed E-state index contributed by atoms with van der Waals surface area (Å²) in [5.41, 5.74) is 1.01. The third kappa shape index (κ3) is 2.73. The largest absolute Gasteiger partial charge is 0.263 e. The van der Waals surface area contributed by atoms with Crippen molar-refractivity contribution in [3.05, 3.63) is 66.4 Å². The van der Waals surface area contributed by atoms with Gasteiger partial charge in [-0.1, -0.05) is 42.0 Å². The summed E-state index contributed by atoms with van der Waals surface area (Å²) in [7, 11) is -3.63. The first kappa shape index (κ1) is 13.6. The fourth-order valence-electron chi connectivity index (χ4n) is 2.10. The van der Waals surface area contributed by atoms with Crippen molar-refractivity contribution in [1.29, 1.82) is 0 Å². The average Bonchev–Trinajstić information content (AvgIpc) is 2.48. The molecule has 0 aliphatic heterocycles. The number of aromatic nitrogens is 1. The summed E-state index contributed by atoms with van der Waals surface area (Å²) in [6.45, 7) is 1.91. The van der Waals surface area contributed by atoms with Crippen LogP contribution >= 0.6 is 0 Å². The molecule has 1 N–H and O–H groups in total. The minimum atomic E-state index is -3.63. The molecule has 0 unspecified atom stereocenters. The third-order valence-corrected chi connectivity index (χ3v) is 4.59. The summed E-state index contributed by atoms with van der Waals surface area (Å²) in [5.74, 6) is 0.341. The van der Waals surface area contributed by atoms with Crippen LogP contribution in [0.15, 0.2) is 65.7 Å². The van der Waals surface area contributed by atoms with E-state index < -0.39 is 10.0 Å². The molecule has 0 amide bonds. The molecular formula is C16H14N2O2S. The van der Waals surface area contributed by atoms with Gasteiger partial charge < -0.3 is 0 Å². The van der Waals surface area contributed by atoms with E-state index in [1.165, 1.54) is 0 Å². The van der Waals surface area contributed by atoms with Crippen LogP contribution in [0.5, 0.6) is 0 Å². The van der Waals surface area contributed by atoms with Gasteiger partial charge in [-0.25, -0.2) is 13.4 Å². The number of rotatable bonds is 3. The van der Waals surface area contributed by atoms with Crippen molar-refractivity contribution in [3.8, 4) is 0 Å². The Hall–Kier alpha value is -2.40. The van der Waals surface area contributed by atoms with Crippen LogP contribution in [0.2, 0.25) is 0 Å². The van der Waals surface area contributed by atoms with E-state index in [9.17, 15) is 8.42 Å². The van der Waals surface area contributed by atoms with E-state index in [1.807, 2.05) is 37.3 Å². The first-order chi connectivity index (χ1) is 10.1. The number of pyridine rings is 1. The van der Waals surface area contributed by atoms with Gasteiger partial charge in [-0.3, -0.25) is 4.72 Å². The van der Waals surface area contributed by atoms with Crippen molar-refractivity contribution in [1.82, 2.24) is 4.98 Å². The van der Waals surface area contributed by atoms with Crippen LogP contribution in [0.1, 0.15) is 5.56 Å². The fraction of sp³-hybridized carbons (Fsp3) is 0.0625. The molecule has 0 radical (unpaired) electrons. The molecule has 0 saturated heterocycles. The molecular weight excluding hydrogens is 284 g/mol. The zero-order valence-electron chi connectivity index (χ0n) is 11.4. The molecule has 21 heavy (non-hydrogen) atoms. The summed E-state index contributed by atoms with van der Waals surface area (Å²) in [6, 6.07) is 16.1. The summed E-state index contributed by atoms with van der Waals surface area (Å²) < 4.78 is 27.4. The molecule has 5 heteroatoms. The van der Waals surface area contributed by atoms with Gasteiger partial charge in [-0.2, -0.15) is 0 Å². The highest BCUT2D eigenvalue weighted by molar-refractivity contribution is 7.92. The Bertz CT molecular complexity index is 882. The number of nitrogens with one attached hydrogen (secondary N) is 1. The average molecular weight is 298 g/mol. The number of sulfonamides is 1. The number of benzene rings is 2. The molecule has 1 heterocycles. The van der Waals surface area contributed by atoms with E-state index in [2.05, 4.69) is 9.71 Å². The maximum Gasteiger partial charge on any atom is 0.263 e. The minimum Gasteiger partial charge on any atom is -0.263 e. The zero-order valence-corrected chi connectivity index (χ0v) is 12.3. The first-order valence-corrected chi connectivity index (χ1v) is 7.98. The Kier molecular flexibility index (Phi) is 3.35. The number of nitrogens with zero attached hydrogens (tertiary/aromatic N) is 1. The summed E-state index contributed by atoms with van der Waals surface area (Å²) in [5, 5.41) is 1.71. The predicted octanol–water partition coefficient (Wildman–Crippen LogP) is 3.34. The topological polar surface area (TPSA) is 59.1 Å². The molecule has 1 aromatic heterocycles. The van der Waals surface area contributed by atoms with Gasteiger partial charge in [0.2, 0.25) is 0 Å². The molecule has 3 rings (SSSR count). The molecule has 106 valence electrons. The van der Waals surface area contributed by atoms with Crippen LogP contribution in [0.3, 0.4) is 0 Å². The zero-order chi connectivity index (χ0) is 14.9. The van der Waals surface area contributed by atoms with E-state index in [-0.39, 0.29) is 4.90 Å². The van der Waals surface area contributed by atoms with Crippen LogP contribution in [-0.4, -0.2) is 13.4 Å². The Morgan fingerprint density at radius 2 is 1.67 bits per heavy atom. The standard InChI is InChI=1S/C16H14N2O2S/c1-12-6-8-14(9-7-12)21(19,20)18-16-15-5-3-2-4-13(15)10-11-17-16/h2-11H,1H3,(H,17,18). The second-order valence-corrected chi connectivity index (χ2v) is 6.48. The highest BCUT2D eigenvalue weighted by atomic mass is 32.2. The van der Waals surface area contributed by atoms with Gasteiger partial charge in [0, 0.05) is 11.6 Å². The molecule has 0 aliphatic rings. The van der Waals surface area contributed by atoms with E-state index in [1.54, 1.807) is 30.5 Å². The molecule has 3 aromatic rings. The van der Waals surface area contributed by atoms with Gasteiger partial charge in [-0.05, 0) is 30.5 Å². The lowest BCUT2D eigenvalue weighted by molar-refractivity contribution is 0.601. The molecule has 0 aliphatic carbocycles. The number of anilines is 1. The Balaban J connectivity index is 2.03. The summed E-state index contributed by atoms with van der Waals surface area (Å²) in [4.78, 5) is 4.37. The Morgan fingerprint density at radius 1 is 0.952 bits per heavy atom. The Morgan fingerprint density at radius 3 is 2.43 bits per heavy atom. The van der Waals surface area contributed by atoms with E-state index in [0.29, 0.717) is 5.82 Å². The van der Waals surface area contributed by atoms with E-state index >= 15 is 0 Å². The maximum atomic E-state index is 12.4. The minimum absolute atomic E-state index is 0.225. The molecule has 0 saturated carbocycles. The number of fused-ring (bicyclic) bond motifs is 1. The van der Waals surface area contributed by atoms with Gasteiger partial charge in [0.1, 0.15) is 5.82 Å². The highest BCUT2D eigenvalue weighted by Gasteiger charge is 2.15. The lowest BCUT2D eigenvalue weighted by atomic mass is 10.2. The van der Waals surface area contributed by atoms with Crippen LogP contribution in [0.4, 0.5) is 5.82 Å². The predicted molar refractivity (Wildman–Crippen MR) is 83.7 cm³/mol. The Labute approximate surface area is 123 Å². The van der Waals surface area contributed by atoms with Gasteiger partial charge >= 0.3 is 0 Å². The molecule has 0 spiro atoms. The van der Waals surface area contributed by atoms with Crippen LogP contribution in [0.25, 0.3) is 10.8 Å². The molecule has 0 bridgehead atoms. The lowest BCUT2D eigenvalue weighted by Gasteiger charge is -2.09. The monoisotopic (exact) mass is 298 g/mol. The first-order valence-electron chi connectivity index (χ1n) is 6.49.